The first kappa shape index (κ1) is 12.1. The van der Waals surface area contributed by atoms with Crippen molar-refractivity contribution in [2.75, 3.05) is 5.32 Å². The van der Waals surface area contributed by atoms with Gasteiger partial charge < -0.3 is 11.1 Å². The number of hydrogen-bond donors (Lipinski definition) is 2. The van der Waals surface area contributed by atoms with Crippen LogP contribution in [0.4, 0.5) is 19.0 Å². The van der Waals surface area contributed by atoms with E-state index in [0.717, 1.165) is 0 Å². The van der Waals surface area contributed by atoms with Crippen LogP contribution in [0.25, 0.3) is 0 Å². The monoisotopic (exact) mass is 261 g/mol. The van der Waals surface area contributed by atoms with Gasteiger partial charge in [0.15, 0.2) is 0 Å². The molecule has 0 amide bonds. The molecule has 2 rings (SSSR count). The average molecular weight is 261 g/mol. The molecule has 0 atom stereocenters. The van der Waals surface area contributed by atoms with Crippen LogP contribution < -0.4 is 11.1 Å². The summed E-state index contributed by atoms with van der Waals surface area (Å²) in [6, 6.07) is 3.12. The van der Waals surface area contributed by atoms with Gasteiger partial charge >= 0.3 is 6.18 Å². The fraction of sp³-hybridized carbons (Fsp3) is 0.400. The first-order valence-electron chi connectivity index (χ1n) is 4.95. The molecular formula is C10H10F3N3S. The molecule has 92 valence electrons. The number of hydrogen-bond acceptors (Lipinski definition) is 3. The third-order valence-electron chi connectivity index (χ3n) is 2.72. The number of aromatic nitrogens is 1. The summed E-state index contributed by atoms with van der Waals surface area (Å²) >= 11 is 4.77. The molecule has 3 nitrogen and oxygen atoms in total. The van der Waals surface area contributed by atoms with Gasteiger partial charge in [-0.15, -0.1) is 0 Å². The van der Waals surface area contributed by atoms with E-state index in [9.17, 15) is 13.2 Å². The predicted molar refractivity (Wildman–Crippen MR) is 61.8 cm³/mol. The Hall–Kier alpha value is -1.37. The van der Waals surface area contributed by atoms with Crippen LogP contribution in [0.1, 0.15) is 18.4 Å². The minimum atomic E-state index is -4.29. The Bertz CT molecular complexity index is 454. The highest BCUT2D eigenvalue weighted by molar-refractivity contribution is 7.80. The molecule has 1 fully saturated rings. The van der Waals surface area contributed by atoms with Crippen molar-refractivity contribution in [2.24, 2.45) is 5.73 Å². The quantitative estimate of drug-likeness (QED) is 0.819. The molecule has 0 unspecified atom stereocenters. The summed E-state index contributed by atoms with van der Waals surface area (Å²) in [6.45, 7) is 0. The number of nitrogens with one attached hydrogen (secondary N) is 1. The largest absolute Gasteiger partial charge is 0.411 e. The Kier molecular flexibility index (Phi) is 2.73. The predicted octanol–water partition coefficient (Wildman–Crippen LogP) is 2.22. The van der Waals surface area contributed by atoms with E-state index in [1.54, 1.807) is 12.1 Å². The number of thiocarbonyl (C=S) groups is 1. The highest BCUT2D eigenvalue weighted by Gasteiger charge is 2.63. The molecule has 0 aromatic carbocycles. The van der Waals surface area contributed by atoms with E-state index in [-0.39, 0.29) is 23.6 Å². The number of alkyl halides is 3. The molecule has 0 spiro atoms. The van der Waals surface area contributed by atoms with Gasteiger partial charge in [-0.2, -0.15) is 13.2 Å². The lowest BCUT2D eigenvalue weighted by molar-refractivity contribution is -0.151. The maximum atomic E-state index is 12.8. The molecule has 0 radical (unpaired) electrons. The summed E-state index contributed by atoms with van der Waals surface area (Å²) in [5.41, 5.74) is 3.90. The standard InChI is InChI=1S/C10H10F3N3S/c11-10(12,13)9(3-4-9)16-8-6(7(14)17)2-1-5-15-8/h1-2,5H,3-4H2,(H2,14,17)(H,15,16). The number of nitrogens with two attached hydrogens (primary N) is 1. The molecule has 0 saturated heterocycles. The fourth-order valence-corrected chi connectivity index (χ4v) is 1.70. The van der Waals surface area contributed by atoms with Crippen LogP contribution in [0.15, 0.2) is 18.3 Å². The lowest BCUT2D eigenvalue weighted by Crippen LogP contribution is -2.39. The molecule has 0 bridgehead atoms. The van der Waals surface area contributed by atoms with Crippen molar-refractivity contribution in [3.8, 4) is 0 Å². The Morgan fingerprint density at radius 1 is 1.47 bits per heavy atom. The van der Waals surface area contributed by atoms with E-state index in [1.165, 1.54) is 6.20 Å². The average Bonchev–Trinajstić information content (AvgIpc) is 2.98. The zero-order valence-corrected chi connectivity index (χ0v) is 9.53. The van der Waals surface area contributed by atoms with Crippen molar-refractivity contribution in [2.45, 2.75) is 24.6 Å². The van der Waals surface area contributed by atoms with Crippen LogP contribution >= 0.6 is 12.2 Å². The van der Waals surface area contributed by atoms with Crippen molar-refractivity contribution in [1.29, 1.82) is 0 Å². The van der Waals surface area contributed by atoms with Gasteiger partial charge in [0.25, 0.3) is 0 Å². The first-order valence-corrected chi connectivity index (χ1v) is 5.36. The van der Waals surface area contributed by atoms with Gasteiger partial charge in [-0.25, -0.2) is 4.98 Å². The Morgan fingerprint density at radius 3 is 2.59 bits per heavy atom. The molecule has 1 aliphatic rings. The number of halogens is 3. The van der Waals surface area contributed by atoms with Crippen molar-refractivity contribution in [3.63, 3.8) is 0 Å². The van der Waals surface area contributed by atoms with Crippen molar-refractivity contribution in [3.05, 3.63) is 23.9 Å². The molecule has 1 aromatic heterocycles. The van der Waals surface area contributed by atoms with Crippen LogP contribution in [0.5, 0.6) is 0 Å². The van der Waals surface area contributed by atoms with Crippen LogP contribution in [0.3, 0.4) is 0 Å². The molecule has 1 heterocycles. The number of rotatable bonds is 3. The van der Waals surface area contributed by atoms with E-state index in [4.69, 9.17) is 18.0 Å². The SMILES string of the molecule is NC(=S)c1cccnc1NC1(C(F)(F)F)CC1. The lowest BCUT2D eigenvalue weighted by Gasteiger charge is -2.22. The van der Waals surface area contributed by atoms with Gasteiger partial charge in [0.05, 0.1) is 5.56 Å². The van der Waals surface area contributed by atoms with Gasteiger partial charge in [-0.05, 0) is 25.0 Å². The zero-order chi connectivity index (χ0) is 12.7. The van der Waals surface area contributed by atoms with E-state index < -0.39 is 11.7 Å². The maximum Gasteiger partial charge on any atom is 0.411 e. The van der Waals surface area contributed by atoms with Crippen LogP contribution in [-0.2, 0) is 0 Å². The summed E-state index contributed by atoms with van der Waals surface area (Å²) in [5, 5.41) is 2.42. The summed E-state index contributed by atoms with van der Waals surface area (Å²) < 4.78 is 38.3. The van der Waals surface area contributed by atoms with E-state index >= 15 is 0 Å². The third-order valence-corrected chi connectivity index (χ3v) is 2.94. The van der Waals surface area contributed by atoms with Gasteiger partial charge in [-0.1, -0.05) is 12.2 Å². The van der Waals surface area contributed by atoms with Crippen LogP contribution in [0, 0.1) is 0 Å². The zero-order valence-electron chi connectivity index (χ0n) is 8.71. The summed E-state index contributed by atoms with van der Waals surface area (Å²) in [5.74, 6) is 0.0924. The maximum absolute atomic E-state index is 12.8. The molecule has 7 heteroatoms. The fourth-order valence-electron chi connectivity index (χ4n) is 1.53. The first-order chi connectivity index (χ1) is 7.86. The normalized spacial score (nSPS) is 17.6. The minimum absolute atomic E-state index is 0.0265. The van der Waals surface area contributed by atoms with Crippen LogP contribution in [0.2, 0.25) is 0 Å². The molecule has 1 aliphatic carbocycles. The van der Waals surface area contributed by atoms with E-state index in [0.29, 0.717) is 5.56 Å². The van der Waals surface area contributed by atoms with Crippen molar-refractivity contribution < 1.29 is 13.2 Å². The number of pyridine rings is 1. The Labute approximate surface area is 101 Å². The second-order valence-electron chi connectivity index (χ2n) is 3.97. The summed E-state index contributed by atoms with van der Waals surface area (Å²) in [6.07, 6.45) is -2.80. The van der Waals surface area contributed by atoms with Gasteiger partial charge in [-0.3, -0.25) is 0 Å². The second-order valence-corrected chi connectivity index (χ2v) is 4.41. The highest BCUT2D eigenvalue weighted by atomic mass is 32.1. The van der Waals surface area contributed by atoms with E-state index in [2.05, 4.69) is 10.3 Å². The van der Waals surface area contributed by atoms with Crippen molar-refractivity contribution in [1.82, 2.24) is 4.98 Å². The summed E-state index contributed by atoms with van der Waals surface area (Å²) in [7, 11) is 0. The minimum Gasteiger partial charge on any atom is -0.389 e. The van der Waals surface area contributed by atoms with E-state index in [1.807, 2.05) is 0 Å². The topological polar surface area (TPSA) is 50.9 Å². The number of nitrogens with zero attached hydrogens (tertiary/aromatic N) is 1. The lowest BCUT2D eigenvalue weighted by atomic mass is 10.2. The van der Waals surface area contributed by atoms with Gasteiger partial charge in [0.1, 0.15) is 16.3 Å². The molecule has 17 heavy (non-hydrogen) atoms. The highest BCUT2D eigenvalue weighted by Crippen LogP contribution is 2.51. The molecule has 1 aromatic rings. The van der Waals surface area contributed by atoms with Crippen molar-refractivity contribution >= 4 is 23.0 Å². The number of anilines is 1. The molecular weight excluding hydrogens is 251 g/mol. The smallest absolute Gasteiger partial charge is 0.389 e. The van der Waals surface area contributed by atoms with Gasteiger partial charge in [0.2, 0.25) is 0 Å². The molecule has 0 aliphatic heterocycles. The van der Waals surface area contributed by atoms with Crippen LogP contribution in [-0.4, -0.2) is 21.7 Å². The van der Waals surface area contributed by atoms with Gasteiger partial charge in [0, 0.05) is 6.20 Å². The third kappa shape index (κ3) is 2.19. The summed E-state index contributed by atoms with van der Waals surface area (Å²) in [4.78, 5) is 3.89. The Balaban J connectivity index is 2.29. The molecule has 3 N–H and O–H groups in total. The Morgan fingerprint density at radius 2 is 2.12 bits per heavy atom. The molecule has 1 saturated carbocycles. The second kappa shape index (κ2) is 3.83.